The van der Waals surface area contributed by atoms with E-state index in [1.165, 1.54) is 50.6 Å². The number of halogens is 2. The summed E-state index contributed by atoms with van der Waals surface area (Å²) in [5.41, 5.74) is 0.647. The molecule has 1 amide bonds. The number of aliphatic hydroxyl groups is 1. The summed E-state index contributed by atoms with van der Waals surface area (Å²) in [6.07, 6.45) is 2.28. The van der Waals surface area contributed by atoms with Crippen LogP contribution in [0.3, 0.4) is 0 Å². The van der Waals surface area contributed by atoms with Crippen molar-refractivity contribution >= 4 is 22.8 Å². The van der Waals surface area contributed by atoms with Gasteiger partial charge in [-0.1, -0.05) is 0 Å². The Labute approximate surface area is 199 Å². The number of carbonyl (C=O) groups excluding carboxylic acids is 1. The number of anilines is 2. The third-order valence-electron chi connectivity index (χ3n) is 5.28. The van der Waals surface area contributed by atoms with Crippen molar-refractivity contribution in [3.8, 4) is 17.5 Å². The summed E-state index contributed by atoms with van der Waals surface area (Å²) in [5, 5.41) is 28.4. The fourth-order valence-corrected chi connectivity index (χ4v) is 3.29. The van der Waals surface area contributed by atoms with Gasteiger partial charge >= 0.3 is 0 Å². The molecule has 0 radical (unpaired) electrons. The highest BCUT2D eigenvalue weighted by Crippen LogP contribution is 2.28. The largest absolute Gasteiger partial charge is 0.387 e. The molecule has 0 saturated heterocycles. The Kier molecular flexibility index (Phi) is 6.40. The number of hydrogen-bond acceptors (Lipinski definition) is 7. The van der Waals surface area contributed by atoms with E-state index in [1.807, 2.05) is 6.07 Å². The van der Waals surface area contributed by atoms with Gasteiger partial charge in [0.25, 0.3) is 5.91 Å². The lowest BCUT2D eigenvalue weighted by molar-refractivity contribution is -0.00177. The maximum absolute atomic E-state index is 14.2. The van der Waals surface area contributed by atoms with Crippen molar-refractivity contribution in [2.45, 2.75) is 25.6 Å². The third kappa shape index (κ3) is 5.07. The minimum atomic E-state index is -1.71. The van der Waals surface area contributed by atoms with Gasteiger partial charge in [0.2, 0.25) is 5.95 Å². The normalized spacial score (nSPS) is 12.2. The number of alkyl halides is 1. The Morgan fingerprint density at radius 3 is 2.74 bits per heavy atom. The Bertz CT molecular complexity index is 1440. The highest BCUT2D eigenvalue weighted by molar-refractivity contribution is 6.00. The van der Waals surface area contributed by atoms with E-state index >= 15 is 0 Å². The lowest BCUT2D eigenvalue weighted by Crippen LogP contribution is -2.42. The Hall–Kier alpha value is -4.43. The molecule has 11 heteroatoms. The zero-order chi connectivity index (χ0) is 25.2. The molecule has 0 saturated carbocycles. The van der Waals surface area contributed by atoms with Crippen LogP contribution in [0.25, 0.3) is 16.9 Å². The monoisotopic (exact) mass is 477 g/mol. The van der Waals surface area contributed by atoms with Crippen molar-refractivity contribution in [1.29, 1.82) is 5.26 Å². The number of carbonyl (C=O) groups is 1. The first-order chi connectivity index (χ1) is 16.7. The van der Waals surface area contributed by atoms with Gasteiger partial charge in [-0.3, -0.25) is 9.78 Å². The fourth-order valence-electron chi connectivity index (χ4n) is 3.29. The molecule has 3 N–H and O–H groups in total. The standard InChI is InChI=1S/C24H21F2N7O2/c1-24(2,35)21(25)13-30-23(34)16-12-29-19(9-18(16)32-17-4-3-7-28-22(17)26)20-6-5-15-8-14(10-27)11-31-33(15)20/h3-9,11-12,21,35H,13H2,1-2H3,(H,29,32)(H,30,34). The van der Waals surface area contributed by atoms with E-state index < -0.39 is 30.2 Å². The Morgan fingerprint density at radius 1 is 1.23 bits per heavy atom. The second-order valence-corrected chi connectivity index (χ2v) is 8.32. The van der Waals surface area contributed by atoms with Gasteiger partial charge in [-0.25, -0.2) is 13.9 Å². The lowest BCUT2D eigenvalue weighted by Gasteiger charge is -2.22. The molecule has 4 aromatic rings. The maximum atomic E-state index is 14.2. The van der Waals surface area contributed by atoms with Crippen molar-refractivity contribution in [2.24, 2.45) is 0 Å². The molecule has 9 nitrogen and oxygen atoms in total. The summed E-state index contributed by atoms with van der Waals surface area (Å²) in [6, 6.07) is 11.7. The molecular weight excluding hydrogens is 456 g/mol. The molecule has 0 fully saturated rings. The number of aromatic nitrogens is 4. The van der Waals surface area contributed by atoms with E-state index in [4.69, 9.17) is 5.26 Å². The average molecular weight is 477 g/mol. The first kappa shape index (κ1) is 23.7. The summed E-state index contributed by atoms with van der Waals surface area (Å²) >= 11 is 0. The van der Waals surface area contributed by atoms with Gasteiger partial charge < -0.3 is 15.7 Å². The summed E-state index contributed by atoms with van der Waals surface area (Å²) in [7, 11) is 0. The number of nitrogens with one attached hydrogen (secondary N) is 2. The molecule has 0 aromatic carbocycles. The summed E-state index contributed by atoms with van der Waals surface area (Å²) < 4.78 is 30.0. The van der Waals surface area contributed by atoms with Crippen molar-refractivity contribution in [3.63, 3.8) is 0 Å². The molecule has 4 rings (SSSR count). The van der Waals surface area contributed by atoms with Crippen LogP contribution < -0.4 is 10.6 Å². The quantitative estimate of drug-likeness (QED) is 0.348. The number of rotatable bonds is 7. The van der Waals surface area contributed by atoms with Gasteiger partial charge in [-0.05, 0) is 50.2 Å². The average Bonchev–Trinajstić information content (AvgIpc) is 3.26. The van der Waals surface area contributed by atoms with E-state index in [0.717, 1.165) is 0 Å². The van der Waals surface area contributed by atoms with Crippen LogP contribution in [0.5, 0.6) is 0 Å². The van der Waals surface area contributed by atoms with Crippen LogP contribution in [0.2, 0.25) is 0 Å². The van der Waals surface area contributed by atoms with Gasteiger partial charge in [-0.2, -0.15) is 14.8 Å². The van der Waals surface area contributed by atoms with Crippen molar-refractivity contribution in [2.75, 3.05) is 11.9 Å². The molecule has 4 heterocycles. The molecule has 0 bridgehead atoms. The second-order valence-electron chi connectivity index (χ2n) is 8.32. The Morgan fingerprint density at radius 2 is 2.03 bits per heavy atom. The summed E-state index contributed by atoms with van der Waals surface area (Å²) in [4.78, 5) is 20.8. The number of nitrogens with zero attached hydrogens (tertiary/aromatic N) is 5. The van der Waals surface area contributed by atoms with E-state index in [-0.39, 0.29) is 16.9 Å². The first-order valence-electron chi connectivity index (χ1n) is 10.6. The van der Waals surface area contributed by atoms with Gasteiger partial charge in [0.15, 0.2) is 0 Å². The van der Waals surface area contributed by atoms with E-state index in [0.29, 0.717) is 22.5 Å². The predicted molar refractivity (Wildman–Crippen MR) is 124 cm³/mol. The number of hydrogen-bond donors (Lipinski definition) is 3. The lowest BCUT2D eigenvalue weighted by atomic mass is 10.0. The first-order valence-corrected chi connectivity index (χ1v) is 10.6. The van der Waals surface area contributed by atoms with Crippen LogP contribution in [0, 0.1) is 17.3 Å². The van der Waals surface area contributed by atoms with Crippen LogP contribution in [-0.2, 0) is 0 Å². The maximum Gasteiger partial charge on any atom is 0.255 e. The smallest absolute Gasteiger partial charge is 0.255 e. The third-order valence-corrected chi connectivity index (χ3v) is 5.28. The molecule has 4 aromatic heterocycles. The Balaban J connectivity index is 1.73. The van der Waals surface area contributed by atoms with Crippen LogP contribution >= 0.6 is 0 Å². The molecule has 0 spiro atoms. The van der Waals surface area contributed by atoms with E-state index in [2.05, 4.69) is 25.7 Å². The number of nitriles is 1. The second kappa shape index (κ2) is 9.44. The predicted octanol–water partition coefficient (Wildman–Crippen LogP) is 3.38. The van der Waals surface area contributed by atoms with Gasteiger partial charge in [0.1, 0.15) is 12.2 Å². The van der Waals surface area contributed by atoms with Crippen LogP contribution in [0.4, 0.5) is 20.2 Å². The molecule has 178 valence electrons. The minimum Gasteiger partial charge on any atom is -0.387 e. The SMILES string of the molecule is CC(C)(O)C(F)CNC(=O)c1cnc(-c2ccc3cc(C#N)cnn23)cc1Nc1cccnc1F. The van der Waals surface area contributed by atoms with E-state index in [9.17, 15) is 18.7 Å². The zero-order valence-electron chi connectivity index (χ0n) is 18.8. The summed E-state index contributed by atoms with van der Waals surface area (Å²) in [5.74, 6) is -1.44. The van der Waals surface area contributed by atoms with Crippen molar-refractivity contribution in [1.82, 2.24) is 24.9 Å². The minimum absolute atomic E-state index is 0.0235. The van der Waals surface area contributed by atoms with Gasteiger partial charge in [0.05, 0.1) is 57.7 Å². The molecular formula is C24H21F2N7O2. The zero-order valence-corrected chi connectivity index (χ0v) is 18.8. The van der Waals surface area contributed by atoms with Crippen LogP contribution in [0.1, 0.15) is 29.8 Å². The van der Waals surface area contributed by atoms with Crippen LogP contribution in [0.15, 0.2) is 55.0 Å². The summed E-state index contributed by atoms with van der Waals surface area (Å²) in [6.45, 7) is 2.17. The van der Waals surface area contributed by atoms with Crippen molar-refractivity contribution in [3.05, 3.63) is 72.1 Å². The highest BCUT2D eigenvalue weighted by atomic mass is 19.1. The molecule has 35 heavy (non-hydrogen) atoms. The van der Waals surface area contributed by atoms with Crippen LogP contribution in [-0.4, -0.2) is 48.9 Å². The molecule has 1 unspecified atom stereocenters. The topological polar surface area (TPSA) is 128 Å². The molecule has 0 aliphatic carbocycles. The van der Waals surface area contributed by atoms with E-state index in [1.54, 1.807) is 22.7 Å². The van der Waals surface area contributed by atoms with Crippen molar-refractivity contribution < 1.29 is 18.7 Å². The highest BCUT2D eigenvalue weighted by Gasteiger charge is 2.27. The molecule has 1 atom stereocenters. The fraction of sp³-hybridized carbons (Fsp3) is 0.208. The molecule has 0 aliphatic heterocycles. The number of amides is 1. The van der Waals surface area contributed by atoms with Gasteiger partial charge in [0, 0.05) is 12.4 Å². The number of pyridine rings is 2. The van der Waals surface area contributed by atoms with Gasteiger partial charge in [-0.15, -0.1) is 0 Å². The number of fused-ring (bicyclic) bond motifs is 1. The molecule has 0 aliphatic rings.